The second-order valence-corrected chi connectivity index (χ2v) is 5.79. The molecule has 0 aromatic carbocycles. The first-order valence-electron chi connectivity index (χ1n) is 4.37. The lowest BCUT2D eigenvalue weighted by molar-refractivity contribution is 0.246. The van der Waals surface area contributed by atoms with Gasteiger partial charge in [0.2, 0.25) is 0 Å². The molecule has 2 aliphatic heterocycles. The second kappa shape index (κ2) is 2.87. The molecule has 2 rings (SSSR count). The second-order valence-electron chi connectivity index (χ2n) is 3.56. The van der Waals surface area contributed by atoms with E-state index in [1.807, 2.05) is 5.01 Å². The van der Waals surface area contributed by atoms with Crippen molar-refractivity contribution in [3.8, 4) is 0 Å². The number of sulfone groups is 1. The van der Waals surface area contributed by atoms with Crippen LogP contribution in [0.5, 0.6) is 0 Å². The fourth-order valence-electron chi connectivity index (χ4n) is 1.77. The van der Waals surface area contributed by atoms with Crippen LogP contribution in [0.2, 0.25) is 0 Å². The molecule has 74 valence electrons. The molecule has 0 saturated carbocycles. The molecular formula is C7H13N3O2S. The highest BCUT2D eigenvalue weighted by Gasteiger charge is 2.33. The Kier molecular flexibility index (Phi) is 1.94. The Balaban J connectivity index is 2.05. The van der Waals surface area contributed by atoms with E-state index in [0.717, 1.165) is 13.0 Å². The van der Waals surface area contributed by atoms with Crippen LogP contribution in [-0.4, -0.2) is 43.4 Å². The molecule has 0 aliphatic carbocycles. The van der Waals surface area contributed by atoms with E-state index in [1.54, 1.807) is 0 Å². The lowest BCUT2D eigenvalue weighted by atomic mass is 10.2. The molecule has 0 bridgehead atoms. The van der Waals surface area contributed by atoms with Crippen LogP contribution < -0.4 is 5.73 Å². The van der Waals surface area contributed by atoms with Crippen LogP contribution in [0.3, 0.4) is 0 Å². The SMILES string of the molecule is NC1=NN(C2CCS(=O)(=O)C2)CC1. The smallest absolute Gasteiger partial charge is 0.152 e. The lowest BCUT2D eigenvalue weighted by Crippen LogP contribution is -2.29. The van der Waals surface area contributed by atoms with Gasteiger partial charge in [-0.1, -0.05) is 0 Å². The molecule has 1 fully saturated rings. The van der Waals surface area contributed by atoms with Gasteiger partial charge in [0.15, 0.2) is 9.84 Å². The summed E-state index contributed by atoms with van der Waals surface area (Å²) in [5.41, 5.74) is 5.52. The molecule has 2 heterocycles. The fourth-order valence-corrected chi connectivity index (χ4v) is 3.49. The van der Waals surface area contributed by atoms with Crippen molar-refractivity contribution >= 4 is 15.7 Å². The average molecular weight is 203 g/mol. The number of nitrogens with zero attached hydrogens (tertiary/aromatic N) is 2. The molecule has 0 aromatic heterocycles. The lowest BCUT2D eigenvalue weighted by Gasteiger charge is -2.19. The molecule has 0 aromatic rings. The van der Waals surface area contributed by atoms with Crippen molar-refractivity contribution in [1.82, 2.24) is 5.01 Å². The minimum absolute atomic E-state index is 0.0612. The molecule has 0 amide bonds. The van der Waals surface area contributed by atoms with Gasteiger partial charge < -0.3 is 5.73 Å². The van der Waals surface area contributed by atoms with Gasteiger partial charge in [0, 0.05) is 13.0 Å². The summed E-state index contributed by atoms with van der Waals surface area (Å²) in [5, 5.41) is 5.92. The van der Waals surface area contributed by atoms with Gasteiger partial charge >= 0.3 is 0 Å². The van der Waals surface area contributed by atoms with Crippen molar-refractivity contribution in [2.75, 3.05) is 18.1 Å². The minimum Gasteiger partial charge on any atom is -0.386 e. The topological polar surface area (TPSA) is 75.8 Å². The van der Waals surface area contributed by atoms with Gasteiger partial charge in [-0.3, -0.25) is 5.01 Å². The molecule has 1 unspecified atom stereocenters. The zero-order chi connectivity index (χ0) is 9.47. The Morgan fingerprint density at radius 3 is 2.77 bits per heavy atom. The zero-order valence-corrected chi connectivity index (χ0v) is 8.13. The van der Waals surface area contributed by atoms with Crippen molar-refractivity contribution in [3.63, 3.8) is 0 Å². The van der Waals surface area contributed by atoms with Crippen LogP contribution in [-0.2, 0) is 9.84 Å². The largest absolute Gasteiger partial charge is 0.386 e. The first-order chi connectivity index (χ1) is 6.07. The molecule has 2 N–H and O–H groups in total. The van der Waals surface area contributed by atoms with Crippen LogP contribution >= 0.6 is 0 Å². The normalized spacial score (nSPS) is 32.2. The van der Waals surface area contributed by atoms with Gasteiger partial charge in [0.1, 0.15) is 5.84 Å². The molecule has 0 spiro atoms. The van der Waals surface area contributed by atoms with E-state index < -0.39 is 9.84 Å². The zero-order valence-electron chi connectivity index (χ0n) is 7.31. The maximum absolute atomic E-state index is 11.2. The highest BCUT2D eigenvalue weighted by molar-refractivity contribution is 7.91. The van der Waals surface area contributed by atoms with Crippen LogP contribution in [0.15, 0.2) is 5.10 Å². The third-order valence-corrected chi connectivity index (χ3v) is 4.23. The van der Waals surface area contributed by atoms with Crippen molar-refractivity contribution < 1.29 is 8.42 Å². The van der Waals surface area contributed by atoms with Gasteiger partial charge in [-0.25, -0.2) is 8.42 Å². The number of nitrogens with two attached hydrogens (primary N) is 1. The van der Waals surface area contributed by atoms with E-state index >= 15 is 0 Å². The monoisotopic (exact) mass is 203 g/mol. The molecule has 0 radical (unpaired) electrons. The Hall–Kier alpha value is -0.780. The Morgan fingerprint density at radius 2 is 2.31 bits per heavy atom. The molecule has 2 aliphatic rings. The van der Waals surface area contributed by atoms with Crippen molar-refractivity contribution in [3.05, 3.63) is 0 Å². The maximum Gasteiger partial charge on any atom is 0.152 e. The molecular weight excluding hydrogens is 190 g/mol. The average Bonchev–Trinajstić information content (AvgIpc) is 2.56. The highest BCUT2D eigenvalue weighted by Crippen LogP contribution is 2.20. The van der Waals surface area contributed by atoms with Crippen molar-refractivity contribution in [1.29, 1.82) is 0 Å². The van der Waals surface area contributed by atoms with Gasteiger partial charge in [0.25, 0.3) is 0 Å². The van der Waals surface area contributed by atoms with E-state index in [-0.39, 0.29) is 11.8 Å². The summed E-state index contributed by atoms with van der Waals surface area (Å²) in [6.45, 7) is 0.770. The van der Waals surface area contributed by atoms with Crippen LogP contribution in [0.1, 0.15) is 12.8 Å². The van der Waals surface area contributed by atoms with E-state index in [4.69, 9.17) is 5.73 Å². The number of amidine groups is 1. The van der Waals surface area contributed by atoms with E-state index in [1.165, 1.54) is 0 Å². The highest BCUT2D eigenvalue weighted by atomic mass is 32.2. The summed E-state index contributed by atoms with van der Waals surface area (Å²) in [7, 11) is -2.80. The molecule has 1 saturated heterocycles. The van der Waals surface area contributed by atoms with Crippen molar-refractivity contribution in [2.24, 2.45) is 10.8 Å². The van der Waals surface area contributed by atoms with E-state index in [0.29, 0.717) is 18.0 Å². The number of hydrogen-bond acceptors (Lipinski definition) is 5. The van der Waals surface area contributed by atoms with E-state index in [2.05, 4.69) is 5.10 Å². The van der Waals surface area contributed by atoms with Gasteiger partial charge in [-0.2, -0.15) is 5.10 Å². The minimum atomic E-state index is -2.80. The Labute approximate surface area is 77.5 Å². The first-order valence-corrected chi connectivity index (χ1v) is 6.19. The number of hydrogen-bond donors (Lipinski definition) is 1. The Morgan fingerprint density at radius 1 is 1.54 bits per heavy atom. The predicted molar refractivity (Wildman–Crippen MR) is 50.0 cm³/mol. The van der Waals surface area contributed by atoms with Crippen molar-refractivity contribution in [2.45, 2.75) is 18.9 Å². The van der Waals surface area contributed by atoms with E-state index in [9.17, 15) is 8.42 Å². The standard InChI is InChI=1S/C7H13N3O2S/c8-7-1-3-10(9-7)6-2-4-13(11,12)5-6/h6H,1-5H2,(H2,8,9). The molecule has 6 heteroatoms. The summed E-state index contributed by atoms with van der Waals surface area (Å²) in [6.07, 6.45) is 1.45. The van der Waals surface area contributed by atoms with Crippen LogP contribution in [0.4, 0.5) is 0 Å². The fraction of sp³-hybridized carbons (Fsp3) is 0.857. The molecule has 1 atom stereocenters. The van der Waals surface area contributed by atoms with Crippen LogP contribution in [0.25, 0.3) is 0 Å². The molecule has 13 heavy (non-hydrogen) atoms. The number of hydrazone groups is 1. The number of rotatable bonds is 1. The molecule has 5 nitrogen and oxygen atoms in total. The van der Waals surface area contributed by atoms with Gasteiger partial charge in [-0.15, -0.1) is 0 Å². The summed E-state index contributed by atoms with van der Waals surface area (Å²) < 4.78 is 22.3. The maximum atomic E-state index is 11.2. The van der Waals surface area contributed by atoms with Crippen LogP contribution in [0, 0.1) is 0 Å². The Bertz CT molecular complexity index is 336. The predicted octanol–water partition coefficient (Wildman–Crippen LogP) is -0.849. The quantitative estimate of drug-likeness (QED) is 0.602. The summed E-state index contributed by atoms with van der Waals surface area (Å²) in [6, 6.07) is 0.0612. The third kappa shape index (κ3) is 1.77. The third-order valence-electron chi connectivity index (χ3n) is 2.48. The first kappa shape index (κ1) is 8.80. The van der Waals surface area contributed by atoms with Gasteiger partial charge in [0.05, 0.1) is 17.5 Å². The summed E-state index contributed by atoms with van der Waals surface area (Å²) in [5.74, 6) is 1.15. The van der Waals surface area contributed by atoms with Gasteiger partial charge in [-0.05, 0) is 6.42 Å². The summed E-state index contributed by atoms with van der Waals surface area (Å²) in [4.78, 5) is 0. The summed E-state index contributed by atoms with van der Waals surface area (Å²) >= 11 is 0.